The van der Waals surface area contributed by atoms with Crippen LogP contribution in [0.25, 0.3) is 5.65 Å². The quantitative estimate of drug-likeness (QED) is 0.659. The van der Waals surface area contributed by atoms with Crippen LogP contribution in [-0.4, -0.2) is 21.1 Å². The van der Waals surface area contributed by atoms with E-state index in [4.69, 9.17) is 10.1 Å². The van der Waals surface area contributed by atoms with Gasteiger partial charge in [0.05, 0.1) is 5.69 Å². The third-order valence-corrected chi connectivity index (χ3v) is 5.78. The van der Waals surface area contributed by atoms with Crippen molar-refractivity contribution < 1.29 is 0 Å². The van der Waals surface area contributed by atoms with Crippen LogP contribution in [0.4, 0.5) is 11.5 Å². The number of hydrogen-bond donors (Lipinski definition) is 0. The highest BCUT2D eigenvalue weighted by molar-refractivity contribution is 5.74. The minimum atomic E-state index is 0.948. The van der Waals surface area contributed by atoms with Crippen molar-refractivity contribution in [2.24, 2.45) is 0 Å². The van der Waals surface area contributed by atoms with E-state index in [1.54, 1.807) is 0 Å². The lowest BCUT2D eigenvalue weighted by Gasteiger charge is -2.35. The lowest BCUT2D eigenvalue weighted by Crippen LogP contribution is -2.30. The van der Waals surface area contributed by atoms with E-state index < -0.39 is 0 Å². The van der Waals surface area contributed by atoms with Crippen molar-refractivity contribution in [3.63, 3.8) is 0 Å². The van der Waals surface area contributed by atoms with Gasteiger partial charge >= 0.3 is 0 Å². The molecule has 0 bridgehead atoms. The molecule has 0 N–H and O–H groups in total. The van der Waals surface area contributed by atoms with E-state index >= 15 is 0 Å². The Hall–Kier alpha value is -2.36. The molecule has 3 aromatic rings. The second-order valence-electron chi connectivity index (χ2n) is 7.63. The topological polar surface area (TPSA) is 33.4 Å². The van der Waals surface area contributed by atoms with E-state index in [0.29, 0.717) is 0 Å². The maximum Gasteiger partial charge on any atom is 0.157 e. The minimum Gasteiger partial charge on any atom is -0.325 e. The van der Waals surface area contributed by atoms with Crippen molar-refractivity contribution in [1.82, 2.24) is 14.6 Å². The number of fused-ring (bicyclic) bond motifs is 3. The molecule has 0 spiro atoms. The van der Waals surface area contributed by atoms with Gasteiger partial charge in [-0.3, -0.25) is 0 Å². The maximum absolute atomic E-state index is 4.80. The van der Waals surface area contributed by atoms with Crippen molar-refractivity contribution in [3.05, 3.63) is 51.3 Å². The van der Waals surface area contributed by atoms with Gasteiger partial charge in [0, 0.05) is 29.6 Å². The van der Waals surface area contributed by atoms with Crippen LogP contribution in [0.5, 0.6) is 0 Å². The predicted octanol–water partition coefficient (Wildman–Crippen LogP) is 4.92. The molecule has 0 saturated carbocycles. The molecular formula is C22H28N4. The van der Waals surface area contributed by atoms with E-state index in [2.05, 4.69) is 56.2 Å². The number of hydrogen-bond acceptors (Lipinski definition) is 3. The fourth-order valence-electron chi connectivity index (χ4n) is 4.73. The molecule has 4 rings (SSSR count). The lowest BCUT2D eigenvalue weighted by molar-refractivity contribution is 0.713. The number of benzene rings is 1. The van der Waals surface area contributed by atoms with Crippen molar-refractivity contribution in [3.8, 4) is 0 Å². The molecule has 2 aromatic heterocycles. The number of aromatic nitrogens is 3. The highest BCUT2D eigenvalue weighted by atomic mass is 15.4. The normalized spacial score (nSPS) is 14.2. The monoisotopic (exact) mass is 348 g/mol. The molecule has 1 aliphatic heterocycles. The first-order chi connectivity index (χ1) is 12.4. The zero-order valence-electron chi connectivity index (χ0n) is 16.8. The van der Waals surface area contributed by atoms with Gasteiger partial charge in [0.15, 0.2) is 5.65 Å². The Morgan fingerprint density at radius 2 is 1.81 bits per heavy atom. The lowest BCUT2D eigenvalue weighted by atomic mass is 9.93. The van der Waals surface area contributed by atoms with E-state index in [-0.39, 0.29) is 0 Å². The second kappa shape index (κ2) is 6.11. The SMILES string of the molecule is CCc1c(C)cc(C)c(N2CCCc3c(C)nc4cc(C)nn4c32)c1C. The van der Waals surface area contributed by atoms with Gasteiger partial charge in [0.25, 0.3) is 0 Å². The average Bonchev–Trinajstić information content (AvgIpc) is 2.95. The van der Waals surface area contributed by atoms with Gasteiger partial charge < -0.3 is 4.90 Å². The molecule has 0 fully saturated rings. The van der Waals surface area contributed by atoms with Crippen LogP contribution in [0.15, 0.2) is 12.1 Å². The molecule has 0 amide bonds. The molecule has 4 nitrogen and oxygen atoms in total. The summed E-state index contributed by atoms with van der Waals surface area (Å²) in [6.07, 6.45) is 3.29. The summed E-state index contributed by atoms with van der Waals surface area (Å²) in [5.41, 5.74) is 11.4. The summed E-state index contributed by atoms with van der Waals surface area (Å²) in [6, 6.07) is 4.42. The third kappa shape index (κ3) is 2.43. The molecule has 0 radical (unpaired) electrons. The Balaban J connectivity index is 2.03. The smallest absolute Gasteiger partial charge is 0.157 e. The van der Waals surface area contributed by atoms with Crippen LogP contribution in [-0.2, 0) is 12.8 Å². The Labute approximate surface area is 155 Å². The maximum atomic E-state index is 4.80. The molecule has 3 heterocycles. The Bertz CT molecular complexity index is 1010. The number of anilines is 2. The Morgan fingerprint density at radius 1 is 1.04 bits per heavy atom. The summed E-state index contributed by atoms with van der Waals surface area (Å²) < 4.78 is 2.06. The predicted molar refractivity (Wildman–Crippen MR) is 108 cm³/mol. The zero-order chi connectivity index (χ0) is 18.6. The van der Waals surface area contributed by atoms with Gasteiger partial charge in [-0.1, -0.05) is 13.0 Å². The third-order valence-electron chi connectivity index (χ3n) is 5.78. The molecule has 0 unspecified atom stereocenters. The highest BCUT2D eigenvalue weighted by Crippen LogP contribution is 2.40. The van der Waals surface area contributed by atoms with Crippen LogP contribution in [0.2, 0.25) is 0 Å². The number of rotatable bonds is 2. The van der Waals surface area contributed by atoms with E-state index in [0.717, 1.165) is 42.8 Å². The molecule has 1 aliphatic rings. The van der Waals surface area contributed by atoms with Crippen molar-refractivity contribution in [2.45, 2.75) is 60.8 Å². The molecule has 0 aliphatic carbocycles. The summed E-state index contributed by atoms with van der Waals surface area (Å²) in [5, 5.41) is 4.78. The standard InChI is InChI=1S/C22H28N4/c1-7-18-13(2)11-14(3)21(16(18)5)25-10-8-9-19-17(6)23-20-12-15(4)24-26(20)22(19)25/h11-12H,7-10H2,1-6H3. The molecule has 136 valence electrons. The van der Waals surface area contributed by atoms with Crippen molar-refractivity contribution in [2.75, 3.05) is 11.4 Å². The first kappa shape index (κ1) is 17.1. The van der Waals surface area contributed by atoms with E-state index in [1.165, 1.54) is 39.3 Å². The first-order valence-corrected chi connectivity index (χ1v) is 9.65. The summed E-state index contributed by atoms with van der Waals surface area (Å²) in [6.45, 7) is 14.2. The summed E-state index contributed by atoms with van der Waals surface area (Å²) in [5.74, 6) is 1.21. The Morgan fingerprint density at radius 3 is 2.54 bits per heavy atom. The van der Waals surface area contributed by atoms with Crippen molar-refractivity contribution >= 4 is 17.2 Å². The van der Waals surface area contributed by atoms with Gasteiger partial charge in [0.2, 0.25) is 0 Å². The Kier molecular flexibility index (Phi) is 4.02. The number of aryl methyl sites for hydroxylation is 4. The fraction of sp³-hybridized carbons (Fsp3) is 0.455. The molecule has 0 atom stereocenters. The van der Waals surface area contributed by atoms with Gasteiger partial charge in [-0.25, -0.2) is 4.98 Å². The minimum absolute atomic E-state index is 0.948. The van der Waals surface area contributed by atoms with E-state index in [1.807, 2.05) is 6.92 Å². The molecule has 0 saturated heterocycles. The molecular weight excluding hydrogens is 320 g/mol. The second-order valence-corrected chi connectivity index (χ2v) is 7.63. The molecule has 26 heavy (non-hydrogen) atoms. The summed E-state index contributed by atoms with van der Waals surface area (Å²) >= 11 is 0. The highest BCUT2D eigenvalue weighted by Gasteiger charge is 2.27. The van der Waals surface area contributed by atoms with Crippen LogP contribution < -0.4 is 4.90 Å². The van der Waals surface area contributed by atoms with Crippen LogP contribution in [0, 0.1) is 34.6 Å². The molecule has 1 aromatic carbocycles. The first-order valence-electron chi connectivity index (χ1n) is 9.65. The van der Waals surface area contributed by atoms with Crippen LogP contribution >= 0.6 is 0 Å². The van der Waals surface area contributed by atoms with Crippen molar-refractivity contribution in [1.29, 1.82) is 0 Å². The van der Waals surface area contributed by atoms with Crippen LogP contribution in [0.1, 0.15) is 52.5 Å². The fourth-order valence-corrected chi connectivity index (χ4v) is 4.73. The average molecular weight is 348 g/mol. The van der Waals surface area contributed by atoms with E-state index in [9.17, 15) is 0 Å². The molecule has 4 heteroatoms. The number of nitrogens with zero attached hydrogens (tertiary/aromatic N) is 4. The zero-order valence-corrected chi connectivity index (χ0v) is 16.8. The largest absolute Gasteiger partial charge is 0.325 e. The van der Waals surface area contributed by atoms with Gasteiger partial charge in [-0.2, -0.15) is 9.61 Å². The van der Waals surface area contributed by atoms with Gasteiger partial charge in [-0.15, -0.1) is 0 Å². The van der Waals surface area contributed by atoms with Crippen LogP contribution in [0.3, 0.4) is 0 Å². The summed E-state index contributed by atoms with van der Waals surface area (Å²) in [7, 11) is 0. The van der Waals surface area contributed by atoms with Gasteiger partial charge in [-0.05, 0) is 76.1 Å². The van der Waals surface area contributed by atoms with Gasteiger partial charge in [0.1, 0.15) is 5.82 Å². The summed E-state index contributed by atoms with van der Waals surface area (Å²) in [4.78, 5) is 7.30.